The number of hydrogen-bond donors (Lipinski definition) is 2. The topological polar surface area (TPSA) is 49.6 Å². The van der Waals surface area contributed by atoms with Crippen molar-refractivity contribution in [1.82, 2.24) is 10.6 Å². The van der Waals surface area contributed by atoms with Gasteiger partial charge in [-0.1, -0.05) is 6.92 Å². The van der Waals surface area contributed by atoms with Gasteiger partial charge >= 0.3 is 0 Å². The number of furan rings is 1. The Kier molecular flexibility index (Phi) is 7.68. The molecule has 0 aromatic carbocycles. The first-order valence-electron chi connectivity index (χ1n) is 6.36. The van der Waals surface area contributed by atoms with E-state index >= 15 is 0 Å². The highest BCUT2D eigenvalue weighted by Crippen LogP contribution is 2.16. The highest BCUT2D eigenvalue weighted by molar-refractivity contribution is 14.0. The predicted molar refractivity (Wildman–Crippen MR) is 94.9 cm³/mol. The van der Waals surface area contributed by atoms with Crippen LogP contribution in [0.15, 0.2) is 39.9 Å². The molecule has 2 rings (SSSR count). The Morgan fingerprint density at radius 2 is 1.95 bits per heavy atom. The number of halogens is 1. The molecule has 0 radical (unpaired) electrons. The molecule has 0 saturated carbocycles. The first-order chi connectivity index (χ1) is 9.31. The van der Waals surface area contributed by atoms with Crippen molar-refractivity contribution in [3.05, 3.63) is 46.0 Å². The number of nitrogens with one attached hydrogen (secondary N) is 2. The van der Waals surface area contributed by atoms with Crippen molar-refractivity contribution >= 4 is 41.3 Å². The minimum atomic E-state index is 0. The number of hydrogen-bond acceptors (Lipinski definition) is 3. The van der Waals surface area contributed by atoms with Gasteiger partial charge in [0.05, 0.1) is 19.4 Å². The molecule has 20 heavy (non-hydrogen) atoms. The number of nitrogens with zero attached hydrogens (tertiary/aromatic N) is 1. The Bertz CT molecular complexity index is 522. The Labute approximate surface area is 140 Å². The van der Waals surface area contributed by atoms with Crippen molar-refractivity contribution in [2.24, 2.45) is 4.99 Å². The molecule has 0 unspecified atom stereocenters. The highest BCUT2D eigenvalue weighted by atomic mass is 127. The van der Waals surface area contributed by atoms with Gasteiger partial charge < -0.3 is 15.1 Å². The quantitative estimate of drug-likeness (QED) is 0.456. The maximum Gasteiger partial charge on any atom is 0.191 e. The van der Waals surface area contributed by atoms with Gasteiger partial charge in [-0.05, 0) is 30.7 Å². The third-order valence-corrected chi connectivity index (χ3v) is 3.96. The van der Waals surface area contributed by atoms with E-state index < -0.39 is 0 Å². The average Bonchev–Trinajstić information content (AvgIpc) is 3.10. The zero-order valence-corrected chi connectivity index (χ0v) is 14.8. The minimum Gasteiger partial charge on any atom is -0.467 e. The summed E-state index contributed by atoms with van der Waals surface area (Å²) in [6.45, 7) is 3.60. The number of thiophene rings is 1. The molecule has 2 heterocycles. The van der Waals surface area contributed by atoms with Gasteiger partial charge in [0.1, 0.15) is 5.76 Å². The van der Waals surface area contributed by atoms with E-state index in [9.17, 15) is 0 Å². The summed E-state index contributed by atoms with van der Waals surface area (Å²) in [6, 6.07) is 8.16. The van der Waals surface area contributed by atoms with Crippen molar-refractivity contribution in [3.8, 4) is 0 Å². The number of aliphatic imine (C=N–C) groups is 1. The van der Waals surface area contributed by atoms with Gasteiger partial charge in [0.15, 0.2) is 5.96 Å². The van der Waals surface area contributed by atoms with Crippen LogP contribution in [-0.4, -0.2) is 13.0 Å². The first kappa shape index (κ1) is 17.0. The lowest BCUT2D eigenvalue weighted by Crippen LogP contribution is -2.36. The second-order valence-electron chi connectivity index (χ2n) is 4.08. The van der Waals surface area contributed by atoms with Gasteiger partial charge in [-0.2, -0.15) is 0 Å². The van der Waals surface area contributed by atoms with E-state index in [0.29, 0.717) is 6.54 Å². The van der Waals surface area contributed by atoms with E-state index in [1.165, 1.54) is 9.75 Å². The molecule has 0 atom stereocenters. The van der Waals surface area contributed by atoms with Crippen LogP contribution in [0.4, 0.5) is 0 Å². The Morgan fingerprint density at radius 1 is 1.20 bits per heavy atom. The fourth-order valence-corrected chi connectivity index (χ4v) is 2.58. The summed E-state index contributed by atoms with van der Waals surface area (Å²) in [5.74, 6) is 1.68. The monoisotopic (exact) mass is 405 g/mol. The number of guanidine groups is 1. The molecule has 0 aliphatic heterocycles. The summed E-state index contributed by atoms with van der Waals surface area (Å²) in [5.41, 5.74) is 0. The van der Waals surface area contributed by atoms with E-state index in [-0.39, 0.29) is 24.0 Å². The third-order valence-electron chi connectivity index (χ3n) is 2.73. The SMILES string of the molecule is CCc1ccc(CNC(=NC)NCc2ccco2)s1.I. The molecule has 110 valence electrons. The smallest absolute Gasteiger partial charge is 0.191 e. The van der Waals surface area contributed by atoms with E-state index in [4.69, 9.17) is 4.42 Å². The third kappa shape index (κ3) is 5.16. The maximum absolute atomic E-state index is 5.27. The van der Waals surface area contributed by atoms with Crippen LogP contribution in [0, 0.1) is 0 Å². The number of aryl methyl sites for hydroxylation is 1. The fourth-order valence-electron chi connectivity index (χ4n) is 1.68. The first-order valence-corrected chi connectivity index (χ1v) is 7.18. The zero-order chi connectivity index (χ0) is 13.5. The van der Waals surface area contributed by atoms with Crippen LogP contribution >= 0.6 is 35.3 Å². The zero-order valence-electron chi connectivity index (χ0n) is 11.7. The van der Waals surface area contributed by atoms with E-state index in [0.717, 1.165) is 24.7 Å². The van der Waals surface area contributed by atoms with Crippen LogP contribution < -0.4 is 10.6 Å². The molecular weight excluding hydrogens is 385 g/mol. The Morgan fingerprint density at radius 3 is 2.55 bits per heavy atom. The van der Waals surface area contributed by atoms with Gasteiger partial charge in [-0.3, -0.25) is 4.99 Å². The highest BCUT2D eigenvalue weighted by Gasteiger charge is 2.02. The van der Waals surface area contributed by atoms with Crippen LogP contribution in [0.1, 0.15) is 22.4 Å². The van der Waals surface area contributed by atoms with Gasteiger partial charge in [-0.15, -0.1) is 35.3 Å². The molecule has 0 aliphatic carbocycles. The fraction of sp³-hybridized carbons (Fsp3) is 0.357. The Balaban J connectivity index is 0.00000200. The number of rotatable bonds is 5. The molecule has 0 spiro atoms. The molecular formula is C14H20IN3OS. The second-order valence-corrected chi connectivity index (χ2v) is 5.33. The lowest BCUT2D eigenvalue weighted by Gasteiger charge is -2.09. The van der Waals surface area contributed by atoms with Crippen molar-refractivity contribution in [2.75, 3.05) is 7.05 Å². The van der Waals surface area contributed by atoms with E-state index in [1.54, 1.807) is 13.3 Å². The van der Waals surface area contributed by atoms with Crippen LogP contribution in [0.3, 0.4) is 0 Å². The average molecular weight is 405 g/mol. The molecule has 2 N–H and O–H groups in total. The van der Waals surface area contributed by atoms with Crippen molar-refractivity contribution in [2.45, 2.75) is 26.4 Å². The van der Waals surface area contributed by atoms with E-state index in [1.807, 2.05) is 23.5 Å². The van der Waals surface area contributed by atoms with Gasteiger partial charge in [-0.25, -0.2) is 0 Å². The lowest BCUT2D eigenvalue weighted by molar-refractivity contribution is 0.501. The molecule has 0 amide bonds. The molecule has 0 saturated heterocycles. The van der Waals surface area contributed by atoms with Gasteiger partial charge in [0.2, 0.25) is 0 Å². The standard InChI is InChI=1S/C14H19N3OS.HI/c1-3-12-6-7-13(19-12)10-17-14(15-2)16-9-11-5-4-8-18-11;/h4-8H,3,9-10H2,1-2H3,(H2,15,16,17);1H. The molecule has 0 fully saturated rings. The molecule has 0 aliphatic rings. The summed E-state index contributed by atoms with van der Waals surface area (Å²) >= 11 is 1.84. The molecule has 6 heteroatoms. The van der Waals surface area contributed by atoms with Crippen LogP contribution in [-0.2, 0) is 19.5 Å². The minimum absolute atomic E-state index is 0. The summed E-state index contributed by atoms with van der Waals surface area (Å²) in [6.07, 6.45) is 2.77. The lowest BCUT2D eigenvalue weighted by atomic mass is 10.3. The van der Waals surface area contributed by atoms with Crippen molar-refractivity contribution in [3.63, 3.8) is 0 Å². The van der Waals surface area contributed by atoms with Gasteiger partial charge in [0.25, 0.3) is 0 Å². The van der Waals surface area contributed by atoms with E-state index in [2.05, 4.69) is 34.7 Å². The normalized spacial score (nSPS) is 11.0. The second kappa shape index (κ2) is 9.02. The van der Waals surface area contributed by atoms with Crippen molar-refractivity contribution < 1.29 is 4.42 Å². The molecule has 0 bridgehead atoms. The molecule has 2 aromatic heterocycles. The summed E-state index contributed by atoms with van der Waals surface area (Å²) < 4.78 is 5.27. The van der Waals surface area contributed by atoms with Crippen molar-refractivity contribution in [1.29, 1.82) is 0 Å². The maximum atomic E-state index is 5.27. The van der Waals surface area contributed by atoms with Crippen LogP contribution in [0.5, 0.6) is 0 Å². The molecule has 2 aromatic rings. The predicted octanol–water partition coefficient (Wildman–Crippen LogP) is 3.39. The van der Waals surface area contributed by atoms with Crippen LogP contribution in [0.25, 0.3) is 0 Å². The summed E-state index contributed by atoms with van der Waals surface area (Å²) in [7, 11) is 1.77. The van der Waals surface area contributed by atoms with Crippen LogP contribution in [0.2, 0.25) is 0 Å². The Hall–Kier alpha value is -1.02. The largest absolute Gasteiger partial charge is 0.467 e. The summed E-state index contributed by atoms with van der Waals surface area (Å²) in [5, 5.41) is 6.51. The molecule has 4 nitrogen and oxygen atoms in total. The van der Waals surface area contributed by atoms with Gasteiger partial charge in [0, 0.05) is 16.8 Å². The summed E-state index contributed by atoms with van der Waals surface area (Å²) in [4.78, 5) is 6.92.